The maximum absolute atomic E-state index is 12.8. The summed E-state index contributed by atoms with van der Waals surface area (Å²) in [4.78, 5) is 29.5. The Hall–Kier alpha value is -3.07. The lowest BCUT2D eigenvalue weighted by Gasteiger charge is -2.29. The predicted molar refractivity (Wildman–Crippen MR) is 172 cm³/mol. The van der Waals surface area contributed by atoms with E-state index in [4.69, 9.17) is 17.3 Å². The van der Waals surface area contributed by atoms with Crippen molar-refractivity contribution in [2.24, 2.45) is 0 Å². The second-order valence-electron chi connectivity index (χ2n) is 11.7. The van der Waals surface area contributed by atoms with E-state index in [1.54, 1.807) is 11.8 Å². The number of carboxylic acids is 1. The quantitative estimate of drug-likeness (QED) is 0.183. The number of anilines is 2. The maximum Gasteiger partial charge on any atom is 0.323 e. The molecule has 1 N–H and O–H groups in total. The van der Waals surface area contributed by atoms with E-state index in [-0.39, 0.29) is 15.6 Å². The summed E-state index contributed by atoms with van der Waals surface area (Å²) in [7, 11) is 0. The van der Waals surface area contributed by atoms with Crippen molar-refractivity contribution < 1.29 is 14.7 Å². The van der Waals surface area contributed by atoms with Crippen molar-refractivity contribution in [1.29, 1.82) is 0 Å². The predicted octanol–water partition coefficient (Wildman–Crippen LogP) is 7.79. The topological polar surface area (TPSA) is 60.9 Å². The van der Waals surface area contributed by atoms with Crippen LogP contribution in [0.4, 0.5) is 11.4 Å². The summed E-state index contributed by atoms with van der Waals surface area (Å²) in [5.41, 5.74) is 10.1. The molecular formula is C33H30N2O3S3. The van der Waals surface area contributed by atoms with Gasteiger partial charge in [-0.3, -0.25) is 14.5 Å². The molecule has 8 heteroatoms. The summed E-state index contributed by atoms with van der Waals surface area (Å²) in [5.74, 6) is -0.965. The Labute approximate surface area is 254 Å². The van der Waals surface area contributed by atoms with Crippen LogP contribution < -0.4 is 4.90 Å². The molecule has 0 bridgehead atoms. The molecule has 3 aromatic carbocycles. The normalized spacial score (nSPS) is 22.8. The van der Waals surface area contributed by atoms with E-state index in [1.165, 1.54) is 62.3 Å². The average Bonchev–Trinajstić information content (AvgIpc) is 3.66. The fraction of sp³-hybridized carbons (Fsp3) is 0.303. The van der Waals surface area contributed by atoms with Crippen molar-refractivity contribution in [2.75, 3.05) is 17.7 Å². The fourth-order valence-corrected chi connectivity index (χ4v) is 8.90. The highest BCUT2D eigenvalue weighted by Crippen LogP contribution is 2.55. The number of carbonyl (C=O) groups excluding carboxylic acids is 1. The average molecular weight is 599 g/mol. The molecule has 4 aliphatic rings. The molecule has 208 valence electrons. The number of hydrogen-bond acceptors (Lipinski definition) is 6. The van der Waals surface area contributed by atoms with E-state index in [1.807, 2.05) is 6.08 Å². The van der Waals surface area contributed by atoms with Gasteiger partial charge in [-0.15, -0.1) is 11.8 Å². The molecular weight excluding hydrogens is 569 g/mol. The van der Waals surface area contributed by atoms with Crippen LogP contribution in [0, 0.1) is 0 Å². The van der Waals surface area contributed by atoms with Gasteiger partial charge in [0.15, 0.2) is 0 Å². The minimum atomic E-state index is -1.07. The molecule has 2 heterocycles. The molecule has 3 aromatic rings. The third-order valence-corrected chi connectivity index (χ3v) is 11.2. The molecule has 1 saturated carbocycles. The first kappa shape index (κ1) is 26.8. The molecule has 2 aliphatic heterocycles. The van der Waals surface area contributed by atoms with E-state index in [2.05, 4.69) is 79.6 Å². The Balaban J connectivity index is 1.25. The van der Waals surface area contributed by atoms with Gasteiger partial charge in [-0.25, -0.2) is 0 Å². The standard InChI is InChI=1S/C33H30N2O3S3/c1-33(2)25-15-19(8-10-21(25)22-11-9-20(40-3)16-26(22)33)35-27-6-4-5-23(27)24-13-18(7-12-28(24)35)14-29-31(38)34(17-30(36)37)32(39)41-29/h7-16,23,27H,4-6,17H2,1-3H3,(H,36,37)/b29-14-. The van der Waals surface area contributed by atoms with E-state index in [0.29, 0.717) is 16.9 Å². The summed E-state index contributed by atoms with van der Waals surface area (Å²) in [6.07, 6.45) is 7.49. The third kappa shape index (κ3) is 4.17. The van der Waals surface area contributed by atoms with Gasteiger partial charge in [-0.2, -0.15) is 0 Å². The first-order valence-corrected chi connectivity index (χ1v) is 16.4. The van der Waals surface area contributed by atoms with E-state index < -0.39 is 12.5 Å². The first-order chi connectivity index (χ1) is 19.7. The van der Waals surface area contributed by atoms with Crippen molar-refractivity contribution in [3.8, 4) is 11.1 Å². The number of fused-ring (bicyclic) bond motifs is 6. The molecule has 0 radical (unpaired) electrons. The number of nitrogens with zero attached hydrogens (tertiary/aromatic N) is 2. The molecule has 1 amide bonds. The number of aliphatic carboxylic acids is 1. The molecule has 7 rings (SSSR count). The van der Waals surface area contributed by atoms with Crippen molar-refractivity contribution in [1.82, 2.24) is 4.90 Å². The largest absolute Gasteiger partial charge is 0.480 e. The zero-order chi connectivity index (χ0) is 28.6. The molecule has 2 atom stereocenters. The van der Waals surface area contributed by atoms with Crippen molar-refractivity contribution in [3.05, 3.63) is 81.8 Å². The molecule has 5 nitrogen and oxygen atoms in total. The number of thioether (sulfide) groups is 2. The summed E-state index contributed by atoms with van der Waals surface area (Å²) in [5, 5.41) is 9.16. The Kier molecular flexibility index (Phi) is 6.37. The number of carbonyl (C=O) groups is 2. The molecule has 0 aromatic heterocycles. The minimum absolute atomic E-state index is 0.0688. The number of carboxylic acid groups (broad SMARTS) is 1. The summed E-state index contributed by atoms with van der Waals surface area (Å²) < 4.78 is 0.290. The number of benzene rings is 3. The molecule has 2 aliphatic carbocycles. The lowest BCUT2D eigenvalue weighted by atomic mass is 9.82. The van der Waals surface area contributed by atoms with Crippen LogP contribution >= 0.6 is 35.7 Å². The molecule has 2 fully saturated rings. The Morgan fingerprint density at radius 3 is 2.61 bits per heavy atom. The van der Waals surface area contributed by atoms with Gasteiger partial charge in [0.1, 0.15) is 10.9 Å². The van der Waals surface area contributed by atoms with Gasteiger partial charge in [-0.1, -0.05) is 62.4 Å². The second-order valence-corrected chi connectivity index (χ2v) is 14.3. The summed E-state index contributed by atoms with van der Waals surface area (Å²) in [6.45, 7) is 4.27. The maximum atomic E-state index is 12.8. The van der Waals surface area contributed by atoms with Crippen LogP contribution in [-0.2, 0) is 15.0 Å². The lowest BCUT2D eigenvalue weighted by molar-refractivity contribution is -0.140. The smallest absolute Gasteiger partial charge is 0.323 e. The highest BCUT2D eigenvalue weighted by atomic mass is 32.2. The third-order valence-electron chi connectivity index (χ3n) is 9.13. The van der Waals surface area contributed by atoms with Gasteiger partial charge in [-0.05, 0) is 95.0 Å². The highest BCUT2D eigenvalue weighted by Gasteiger charge is 2.43. The van der Waals surface area contributed by atoms with Crippen LogP contribution in [0.15, 0.2) is 64.4 Å². The van der Waals surface area contributed by atoms with Gasteiger partial charge in [0.2, 0.25) is 0 Å². The van der Waals surface area contributed by atoms with Crippen molar-refractivity contribution >= 4 is 69.4 Å². The molecule has 2 unspecified atom stereocenters. The van der Waals surface area contributed by atoms with Crippen LogP contribution in [0.25, 0.3) is 17.2 Å². The molecule has 0 spiro atoms. The number of hydrogen-bond donors (Lipinski definition) is 1. The SMILES string of the molecule is CSc1ccc2c(c1)C(C)(C)c1cc(N3c4ccc(/C=C5\SC(=S)N(CC(=O)O)C5=O)cc4C4CCCC43)ccc1-2. The Bertz CT molecular complexity index is 1690. The van der Waals surface area contributed by atoms with Gasteiger partial charge < -0.3 is 10.0 Å². The monoisotopic (exact) mass is 598 g/mol. The van der Waals surface area contributed by atoms with E-state index in [9.17, 15) is 9.59 Å². The zero-order valence-electron chi connectivity index (χ0n) is 23.1. The van der Waals surface area contributed by atoms with Crippen LogP contribution in [0.3, 0.4) is 0 Å². The summed E-state index contributed by atoms with van der Waals surface area (Å²) >= 11 is 8.24. The summed E-state index contributed by atoms with van der Waals surface area (Å²) in [6, 6.07) is 20.8. The lowest BCUT2D eigenvalue weighted by Crippen LogP contribution is -2.33. The van der Waals surface area contributed by atoms with Crippen molar-refractivity contribution in [2.45, 2.75) is 55.4 Å². The number of thiocarbonyl (C=S) groups is 1. The fourth-order valence-electron chi connectivity index (χ4n) is 7.20. The Morgan fingerprint density at radius 2 is 1.85 bits per heavy atom. The van der Waals surface area contributed by atoms with Crippen molar-refractivity contribution in [3.63, 3.8) is 0 Å². The van der Waals surface area contributed by atoms with E-state index in [0.717, 1.165) is 23.3 Å². The zero-order valence-corrected chi connectivity index (χ0v) is 25.6. The van der Waals surface area contributed by atoms with Crippen LogP contribution in [0.1, 0.15) is 61.3 Å². The highest BCUT2D eigenvalue weighted by molar-refractivity contribution is 8.26. The van der Waals surface area contributed by atoms with Gasteiger partial charge >= 0.3 is 5.97 Å². The van der Waals surface area contributed by atoms with Crippen LogP contribution in [0.2, 0.25) is 0 Å². The number of amides is 1. The van der Waals surface area contributed by atoms with Gasteiger partial charge in [0.05, 0.1) is 4.91 Å². The second kappa shape index (κ2) is 9.75. The van der Waals surface area contributed by atoms with Gasteiger partial charge in [0.25, 0.3) is 5.91 Å². The molecule has 41 heavy (non-hydrogen) atoms. The van der Waals surface area contributed by atoms with Gasteiger partial charge in [0, 0.05) is 33.6 Å². The Morgan fingerprint density at radius 1 is 1.10 bits per heavy atom. The van der Waals surface area contributed by atoms with Crippen LogP contribution in [-0.4, -0.2) is 45.0 Å². The molecule has 1 saturated heterocycles. The minimum Gasteiger partial charge on any atom is -0.480 e. The van der Waals surface area contributed by atoms with Crippen LogP contribution in [0.5, 0.6) is 0 Å². The number of rotatable bonds is 5. The van der Waals surface area contributed by atoms with E-state index >= 15 is 0 Å². The first-order valence-electron chi connectivity index (χ1n) is 13.9.